The lowest BCUT2D eigenvalue weighted by Gasteiger charge is -2.06. The second-order valence-corrected chi connectivity index (χ2v) is 7.48. The van der Waals surface area contributed by atoms with Crippen molar-refractivity contribution < 1.29 is 4.79 Å². The summed E-state index contributed by atoms with van der Waals surface area (Å²) in [5, 5.41) is 0.0451. The summed E-state index contributed by atoms with van der Waals surface area (Å²) < 4.78 is 1.97. The fraction of sp³-hybridized carbons (Fsp3) is 0.231. The van der Waals surface area contributed by atoms with Crippen LogP contribution >= 0.6 is 56.4 Å². The summed E-state index contributed by atoms with van der Waals surface area (Å²) in [6, 6.07) is 12.1. The summed E-state index contributed by atoms with van der Waals surface area (Å²) in [5.74, 6) is 0. The van der Waals surface area contributed by atoms with Gasteiger partial charge < -0.3 is 4.90 Å². The number of rotatable bonds is 3. The second kappa shape index (κ2) is 8.81. The van der Waals surface area contributed by atoms with Crippen LogP contribution in [0.2, 0.25) is 0 Å². The van der Waals surface area contributed by atoms with E-state index >= 15 is 0 Å². The van der Waals surface area contributed by atoms with Crippen molar-refractivity contribution in [2.75, 3.05) is 14.1 Å². The zero-order chi connectivity index (χ0) is 13.7. The maximum atomic E-state index is 11.6. The van der Waals surface area contributed by atoms with Gasteiger partial charge in [-0.15, -0.1) is 24.0 Å². The molecule has 0 atom stereocenters. The van der Waals surface area contributed by atoms with Gasteiger partial charge >= 0.3 is 0 Å². The minimum atomic E-state index is 0. The summed E-state index contributed by atoms with van der Waals surface area (Å²) >= 11 is 1.25. The molecule has 0 fully saturated rings. The van der Waals surface area contributed by atoms with Crippen molar-refractivity contribution in [3.8, 4) is 0 Å². The molecule has 0 bridgehead atoms. The van der Waals surface area contributed by atoms with Crippen LogP contribution in [-0.4, -0.2) is 24.2 Å². The first-order valence-electron chi connectivity index (χ1n) is 5.69. The largest absolute Gasteiger partial charge is 0.339 e. The molecule has 1 aromatic heterocycles. The third kappa shape index (κ3) is 5.55. The van der Waals surface area contributed by atoms with Crippen molar-refractivity contribution in [1.82, 2.24) is 4.90 Å². The normalized spacial score (nSPS) is 11.0. The third-order valence-corrected chi connectivity index (χ3v) is 6.02. The number of carbonyl (C=O) groups excluding carboxylic acids is 1. The Bertz CT molecular complexity index is 607. The van der Waals surface area contributed by atoms with Crippen LogP contribution in [0.15, 0.2) is 45.6 Å². The minimum Gasteiger partial charge on any atom is -0.339 e. The molecule has 0 N–H and O–H groups in total. The fourth-order valence-corrected chi connectivity index (χ4v) is 4.48. The number of halogens is 1. The standard InChI is InChI=1S/C13H14N2OS3.HI/c1-15(2)13(16)17-12-8-11(18-19-12)14-9-10-6-4-3-5-7-10;/h3-8H,9H2,1-2H3;1H/b14-11+;. The van der Waals surface area contributed by atoms with Crippen molar-refractivity contribution in [2.24, 2.45) is 4.99 Å². The monoisotopic (exact) mass is 438 g/mol. The smallest absolute Gasteiger partial charge is 0.286 e. The lowest BCUT2D eigenvalue weighted by atomic mass is 10.2. The van der Waals surface area contributed by atoms with Gasteiger partial charge in [-0.3, -0.25) is 9.79 Å². The third-order valence-electron chi connectivity index (χ3n) is 2.26. The van der Waals surface area contributed by atoms with Crippen molar-refractivity contribution in [2.45, 2.75) is 10.8 Å². The molecule has 1 amide bonds. The van der Waals surface area contributed by atoms with Gasteiger partial charge in [-0.05, 0) is 23.4 Å². The number of amides is 1. The molecular formula is C13H15IN2OS3. The van der Waals surface area contributed by atoms with Gasteiger partial charge in [0.1, 0.15) is 4.67 Å². The number of thioether (sulfide) groups is 1. The van der Waals surface area contributed by atoms with E-state index in [0.29, 0.717) is 6.54 Å². The van der Waals surface area contributed by atoms with Gasteiger partial charge in [0.15, 0.2) is 0 Å². The fourth-order valence-electron chi connectivity index (χ4n) is 1.28. The predicted molar refractivity (Wildman–Crippen MR) is 98.3 cm³/mol. The van der Waals surface area contributed by atoms with Crippen molar-refractivity contribution in [3.05, 3.63) is 46.6 Å². The van der Waals surface area contributed by atoms with Crippen LogP contribution in [0.1, 0.15) is 5.56 Å². The van der Waals surface area contributed by atoms with Gasteiger partial charge in [-0.1, -0.05) is 51.0 Å². The molecule has 7 heteroatoms. The van der Waals surface area contributed by atoms with Gasteiger partial charge in [0, 0.05) is 14.1 Å². The SMILES string of the molecule is CN(C)C(=O)Sc1c/c(=N\Cc2ccccc2)ss1.I. The Morgan fingerprint density at radius 1 is 1.25 bits per heavy atom. The molecule has 0 aliphatic heterocycles. The number of carbonyl (C=O) groups is 1. The highest BCUT2D eigenvalue weighted by Gasteiger charge is 2.08. The molecule has 1 aromatic carbocycles. The average Bonchev–Trinajstić information content (AvgIpc) is 2.85. The molecule has 20 heavy (non-hydrogen) atoms. The summed E-state index contributed by atoms with van der Waals surface area (Å²) in [4.78, 5) is 17.7. The number of hydrogen-bond donors (Lipinski definition) is 0. The Morgan fingerprint density at radius 3 is 2.60 bits per heavy atom. The molecule has 2 rings (SSSR count). The lowest BCUT2D eigenvalue weighted by Crippen LogP contribution is -2.15. The van der Waals surface area contributed by atoms with E-state index in [1.165, 1.54) is 17.3 Å². The first-order valence-corrected chi connectivity index (χ1v) is 8.65. The van der Waals surface area contributed by atoms with Crippen molar-refractivity contribution in [3.63, 3.8) is 0 Å². The van der Waals surface area contributed by atoms with E-state index in [4.69, 9.17) is 0 Å². The molecule has 1 heterocycles. The quantitative estimate of drug-likeness (QED) is 0.407. The van der Waals surface area contributed by atoms with Crippen LogP contribution in [0.25, 0.3) is 0 Å². The van der Waals surface area contributed by atoms with Crippen molar-refractivity contribution in [1.29, 1.82) is 0 Å². The van der Waals surface area contributed by atoms with Crippen LogP contribution in [-0.2, 0) is 6.54 Å². The summed E-state index contributed by atoms with van der Waals surface area (Å²) in [6.45, 7) is 0.680. The average molecular weight is 438 g/mol. The highest BCUT2D eigenvalue weighted by atomic mass is 127. The van der Waals surface area contributed by atoms with Crippen LogP contribution in [0.4, 0.5) is 4.79 Å². The van der Waals surface area contributed by atoms with E-state index in [0.717, 1.165) is 8.88 Å². The van der Waals surface area contributed by atoms with Crippen molar-refractivity contribution >= 4 is 61.7 Å². The lowest BCUT2D eigenvalue weighted by molar-refractivity contribution is 0.241. The van der Waals surface area contributed by atoms with E-state index in [1.807, 2.05) is 24.3 Å². The van der Waals surface area contributed by atoms with E-state index in [1.54, 1.807) is 39.7 Å². The van der Waals surface area contributed by atoms with Gasteiger partial charge in [-0.2, -0.15) is 0 Å². The molecular weight excluding hydrogens is 423 g/mol. The molecule has 108 valence electrons. The van der Waals surface area contributed by atoms with Gasteiger partial charge in [0.25, 0.3) is 5.24 Å². The predicted octanol–water partition coefficient (Wildman–Crippen LogP) is 4.30. The Hall–Kier alpha value is -0.380. The first kappa shape index (κ1) is 17.7. The molecule has 0 saturated carbocycles. The summed E-state index contributed by atoms with van der Waals surface area (Å²) in [7, 11) is 6.71. The molecule has 0 radical (unpaired) electrons. The Morgan fingerprint density at radius 2 is 1.95 bits per heavy atom. The molecule has 3 nitrogen and oxygen atoms in total. The maximum absolute atomic E-state index is 11.6. The van der Waals surface area contributed by atoms with E-state index in [9.17, 15) is 4.79 Å². The maximum Gasteiger partial charge on any atom is 0.286 e. The van der Waals surface area contributed by atoms with Crippen LogP contribution in [0.5, 0.6) is 0 Å². The highest BCUT2D eigenvalue weighted by molar-refractivity contribution is 14.0. The first-order chi connectivity index (χ1) is 9.15. The number of nitrogens with zero attached hydrogens (tertiary/aromatic N) is 2. The number of hydrogen-bond acceptors (Lipinski definition) is 5. The van der Waals surface area contributed by atoms with E-state index in [2.05, 4.69) is 17.1 Å². The Kier molecular flexibility index (Phi) is 7.78. The molecule has 2 aromatic rings. The highest BCUT2D eigenvalue weighted by Crippen LogP contribution is 2.25. The summed E-state index contributed by atoms with van der Waals surface area (Å²) in [6.07, 6.45) is 0. The van der Waals surface area contributed by atoms with Gasteiger partial charge in [0.2, 0.25) is 0 Å². The Balaban J connectivity index is 0.00000200. The van der Waals surface area contributed by atoms with Gasteiger partial charge in [-0.25, -0.2) is 0 Å². The molecule has 0 saturated heterocycles. The molecule has 0 spiro atoms. The van der Waals surface area contributed by atoms with Crippen LogP contribution < -0.4 is 4.67 Å². The Labute approximate surface area is 147 Å². The molecule has 0 unspecified atom stereocenters. The van der Waals surface area contributed by atoms with Gasteiger partial charge in [0.05, 0.1) is 10.8 Å². The molecule has 0 aliphatic carbocycles. The summed E-state index contributed by atoms with van der Waals surface area (Å²) in [5.41, 5.74) is 1.19. The second-order valence-electron chi connectivity index (χ2n) is 4.03. The number of benzene rings is 1. The van der Waals surface area contributed by atoms with Crippen LogP contribution in [0.3, 0.4) is 0 Å². The topological polar surface area (TPSA) is 32.7 Å². The minimum absolute atomic E-state index is 0. The zero-order valence-electron chi connectivity index (χ0n) is 11.1. The zero-order valence-corrected chi connectivity index (χ0v) is 15.9. The van der Waals surface area contributed by atoms with E-state index in [-0.39, 0.29) is 29.2 Å². The van der Waals surface area contributed by atoms with Crippen LogP contribution in [0, 0.1) is 0 Å². The van der Waals surface area contributed by atoms with E-state index < -0.39 is 0 Å². The molecule has 0 aliphatic rings.